The first-order valence-corrected chi connectivity index (χ1v) is 6.61. The maximum Gasteiger partial charge on any atom is 0.282 e. The molecule has 2 aromatic rings. The topological polar surface area (TPSA) is 103 Å². The van der Waals surface area contributed by atoms with Gasteiger partial charge in [0.2, 0.25) is 0 Å². The molecule has 2 rings (SSSR count). The molecule has 2 heterocycles. The highest BCUT2D eigenvalue weighted by atomic mass is 32.2. The van der Waals surface area contributed by atoms with Gasteiger partial charge in [-0.05, 0) is 18.6 Å². The summed E-state index contributed by atoms with van der Waals surface area (Å²) in [7, 11) is -2.23. The zero-order chi connectivity index (χ0) is 13.3. The third-order valence-electron chi connectivity index (χ3n) is 2.31. The summed E-state index contributed by atoms with van der Waals surface area (Å²) in [5, 5.41) is -0.0788. The van der Waals surface area contributed by atoms with Crippen LogP contribution in [0.25, 0.3) is 0 Å². The van der Waals surface area contributed by atoms with Crippen molar-refractivity contribution in [3.05, 3.63) is 30.2 Å². The number of imidazole rings is 1. The van der Waals surface area contributed by atoms with Gasteiger partial charge in [0.15, 0.2) is 10.8 Å². The van der Waals surface area contributed by atoms with Gasteiger partial charge in [0.1, 0.15) is 5.82 Å². The van der Waals surface area contributed by atoms with Crippen molar-refractivity contribution in [2.45, 2.75) is 11.9 Å². The largest absolute Gasteiger partial charge is 0.381 e. The molecule has 2 aromatic heterocycles. The van der Waals surface area contributed by atoms with E-state index in [9.17, 15) is 8.42 Å². The van der Waals surface area contributed by atoms with E-state index in [1.54, 1.807) is 25.4 Å². The minimum Gasteiger partial charge on any atom is -0.381 e. The highest BCUT2D eigenvalue weighted by Crippen LogP contribution is 2.18. The molecule has 0 saturated carbocycles. The predicted molar refractivity (Wildman–Crippen MR) is 67.4 cm³/mol. The van der Waals surface area contributed by atoms with Gasteiger partial charge in [0, 0.05) is 13.2 Å². The maximum atomic E-state index is 12.1. The molecule has 0 unspecified atom stereocenters. The maximum absolute atomic E-state index is 12.1. The molecule has 0 bridgehead atoms. The molecule has 0 aromatic carbocycles. The Morgan fingerprint density at radius 1 is 1.33 bits per heavy atom. The Kier molecular flexibility index (Phi) is 2.95. The van der Waals surface area contributed by atoms with Crippen molar-refractivity contribution in [1.29, 1.82) is 0 Å². The smallest absolute Gasteiger partial charge is 0.282 e. The summed E-state index contributed by atoms with van der Waals surface area (Å²) < 4.78 is 27.9. The van der Waals surface area contributed by atoms with E-state index < -0.39 is 10.0 Å². The van der Waals surface area contributed by atoms with Crippen molar-refractivity contribution in [3.63, 3.8) is 0 Å². The van der Waals surface area contributed by atoms with Crippen molar-refractivity contribution >= 4 is 21.7 Å². The monoisotopic (exact) mass is 267 g/mol. The zero-order valence-electron chi connectivity index (χ0n) is 9.95. The summed E-state index contributed by atoms with van der Waals surface area (Å²) in [5.74, 6) is 0.193. The van der Waals surface area contributed by atoms with Crippen molar-refractivity contribution in [3.8, 4) is 0 Å². The summed E-state index contributed by atoms with van der Waals surface area (Å²) in [6.07, 6.45) is 2.91. The van der Waals surface area contributed by atoms with Gasteiger partial charge >= 0.3 is 0 Å². The molecule has 0 amide bonds. The molecule has 18 heavy (non-hydrogen) atoms. The van der Waals surface area contributed by atoms with Crippen LogP contribution < -0.4 is 10.5 Å². The van der Waals surface area contributed by atoms with Crippen LogP contribution in [0, 0.1) is 6.92 Å². The van der Waals surface area contributed by atoms with Gasteiger partial charge in [-0.1, -0.05) is 6.07 Å². The Hall–Kier alpha value is -2.09. The molecule has 0 aliphatic rings. The van der Waals surface area contributed by atoms with Crippen LogP contribution in [0.3, 0.4) is 0 Å². The number of nitrogens with zero attached hydrogens (tertiary/aromatic N) is 3. The summed E-state index contributed by atoms with van der Waals surface area (Å²) in [4.78, 5) is 7.71. The number of sulfonamides is 1. The van der Waals surface area contributed by atoms with Gasteiger partial charge in [0.05, 0.1) is 6.33 Å². The van der Waals surface area contributed by atoms with Crippen LogP contribution in [0.1, 0.15) is 5.56 Å². The average Bonchev–Trinajstić information content (AvgIpc) is 2.62. The SMILES string of the molecule is Cc1ccc(NS(=O)(=O)c2c(N)ncn2C)nc1. The van der Waals surface area contributed by atoms with Crippen LogP contribution in [-0.4, -0.2) is 23.0 Å². The minimum absolute atomic E-state index is 0.0443. The van der Waals surface area contributed by atoms with E-state index >= 15 is 0 Å². The van der Waals surface area contributed by atoms with E-state index in [1.165, 1.54) is 10.9 Å². The quantitative estimate of drug-likeness (QED) is 0.843. The third kappa shape index (κ3) is 2.28. The van der Waals surface area contributed by atoms with Crippen molar-refractivity contribution in [2.24, 2.45) is 7.05 Å². The number of hydrogen-bond acceptors (Lipinski definition) is 5. The van der Waals surface area contributed by atoms with Crippen molar-refractivity contribution < 1.29 is 8.42 Å². The van der Waals surface area contributed by atoms with Gasteiger partial charge in [-0.2, -0.15) is 8.42 Å². The van der Waals surface area contributed by atoms with Gasteiger partial charge in [0.25, 0.3) is 10.0 Å². The molecular weight excluding hydrogens is 254 g/mol. The van der Waals surface area contributed by atoms with E-state index in [0.717, 1.165) is 5.56 Å². The molecular formula is C10H13N5O2S. The summed E-state index contributed by atoms with van der Waals surface area (Å²) >= 11 is 0. The Bertz CT molecular complexity index is 641. The van der Waals surface area contributed by atoms with Crippen LogP contribution in [0.15, 0.2) is 29.7 Å². The Balaban J connectivity index is 2.36. The highest BCUT2D eigenvalue weighted by Gasteiger charge is 2.22. The first-order chi connectivity index (χ1) is 8.40. The number of pyridine rings is 1. The number of nitrogen functional groups attached to an aromatic ring is 1. The second-order valence-corrected chi connectivity index (χ2v) is 5.47. The van der Waals surface area contributed by atoms with E-state index in [0.29, 0.717) is 0 Å². The van der Waals surface area contributed by atoms with Crippen LogP contribution >= 0.6 is 0 Å². The number of nitrogens with two attached hydrogens (primary N) is 1. The van der Waals surface area contributed by atoms with Gasteiger partial charge < -0.3 is 10.3 Å². The lowest BCUT2D eigenvalue weighted by Gasteiger charge is -2.08. The van der Waals surface area contributed by atoms with E-state index in [-0.39, 0.29) is 16.7 Å². The molecule has 0 atom stereocenters. The second-order valence-electron chi connectivity index (χ2n) is 3.87. The van der Waals surface area contributed by atoms with Gasteiger partial charge in [-0.3, -0.25) is 4.72 Å². The third-order valence-corrected chi connectivity index (χ3v) is 3.80. The number of nitrogens with one attached hydrogen (secondary N) is 1. The zero-order valence-corrected chi connectivity index (χ0v) is 10.8. The van der Waals surface area contributed by atoms with Crippen molar-refractivity contribution in [2.75, 3.05) is 10.5 Å². The molecule has 0 spiro atoms. The normalized spacial score (nSPS) is 11.4. The lowest BCUT2D eigenvalue weighted by Crippen LogP contribution is -2.18. The molecule has 3 N–H and O–H groups in total. The first kappa shape index (κ1) is 12.4. The van der Waals surface area contributed by atoms with E-state index in [4.69, 9.17) is 5.73 Å². The molecule has 0 aliphatic heterocycles. The Labute approximate surface area is 105 Å². The fraction of sp³-hybridized carbons (Fsp3) is 0.200. The first-order valence-electron chi connectivity index (χ1n) is 5.12. The molecule has 8 heteroatoms. The van der Waals surface area contributed by atoms with Gasteiger partial charge in [-0.15, -0.1) is 0 Å². The number of aromatic nitrogens is 3. The predicted octanol–water partition coefficient (Wildman–Crippen LogP) is 0.507. The second kappa shape index (κ2) is 4.30. The highest BCUT2D eigenvalue weighted by molar-refractivity contribution is 7.92. The standard InChI is InChI=1S/C10H13N5O2S/c1-7-3-4-8(12-5-7)14-18(16,17)10-9(11)13-6-15(10)2/h3-6H,11H2,1-2H3,(H,12,14). The molecule has 0 saturated heterocycles. The van der Waals surface area contributed by atoms with Gasteiger partial charge in [-0.25, -0.2) is 9.97 Å². The number of anilines is 2. The fourth-order valence-electron chi connectivity index (χ4n) is 1.48. The molecule has 7 nitrogen and oxygen atoms in total. The summed E-state index contributed by atoms with van der Waals surface area (Å²) in [6, 6.07) is 3.34. The molecule has 0 aliphatic carbocycles. The van der Waals surface area contributed by atoms with E-state index in [1.807, 2.05) is 6.92 Å². The van der Waals surface area contributed by atoms with Crippen molar-refractivity contribution in [1.82, 2.24) is 14.5 Å². The summed E-state index contributed by atoms with van der Waals surface area (Å²) in [5.41, 5.74) is 6.48. The average molecular weight is 267 g/mol. The number of hydrogen-bond donors (Lipinski definition) is 2. The minimum atomic E-state index is -3.78. The fourth-order valence-corrected chi connectivity index (χ4v) is 2.73. The van der Waals surface area contributed by atoms with Crippen LogP contribution in [0.4, 0.5) is 11.6 Å². The van der Waals surface area contributed by atoms with Crippen LogP contribution in [-0.2, 0) is 17.1 Å². The lowest BCUT2D eigenvalue weighted by molar-refractivity contribution is 0.591. The summed E-state index contributed by atoms with van der Waals surface area (Å²) in [6.45, 7) is 1.87. The van der Waals surface area contributed by atoms with Crippen LogP contribution in [0.5, 0.6) is 0 Å². The van der Waals surface area contributed by atoms with E-state index in [2.05, 4.69) is 14.7 Å². The molecule has 0 radical (unpaired) electrons. The lowest BCUT2D eigenvalue weighted by atomic mass is 10.3. The number of aryl methyl sites for hydroxylation is 2. The Morgan fingerprint density at radius 3 is 2.56 bits per heavy atom. The Morgan fingerprint density at radius 2 is 2.06 bits per heavy atom. The van der Waals surface area contributed by atoms with Crippen LogP contribution in [0.2, 0.25) is 0 Å². The molecule has 96 valence electrons. The number of rotatable bonds is 3. The molecule has 0 fully saturated rings.